The first-order valence-corrected chi connectivity index (χ1v) is 7.24. The van der Waals surface area contributed by atoms with Gasteiger partial charge in [0.05, 0.1) is 0 Å². The Morgan fingerprint density at radius 1 is 1.15 bits per heavy atom. The molecule has 3 rings (SSSR count). The molecule has 20 heavy (non-hydrogen) atoms. The number of fused-ring (bicyclic) bond motifs is 1. The third kappa shape index (κ3) is 2.39. The van der Waals surface area contributed by atoms with E-state index in [0.717, 1.165) is 24.1 Å². The molecule has 0 heterocycles. The van der Waals surface area contributed by atoms with E-state index in [4.69, 9.17) is 9.47 Å². The Labute approximate surface area is 119 Å². The van der Waals surface area contributed by atoms with Crippen LogP contribution >= 0.6 is 0 Å². The number of methoxy groups -OCH3 is 1. The van der Waals surface area contributed by atoms with Gasteiger partial charge in [-0.15, -0.1) is 0 Å². The molecule has 1 saturated carbocycles. The van der Waals surface area contributed by atoms with Crippen molar-refractivity contribution < 1.29 is 9.47 Å². The molecule has 0 aromatic heterocycles. The number of likely N-dealkylation sites (N-methyl/N-ethyl adjacent to an activating group) is 1. The maximum Gasteiger partial charge on any atom is 0.128 e. The predicted molar refractivity (Wildman–Crippen MR) is 81.2 cm³/mol. The predicted octanol–water partition coefficient (Wildman–Crippen LogP) is 2.98. The smallest absolute Gasteiger partial charge is 0.128 e. The van der Waals surface area contributed by atoms with Crippen LogP contribution in [0, 0.1) is 0 Å². The van der Waals surface area contributed by atoms with Crippen LogP contribution in [-0.4, -0.2) is 31.9 Å². The average Bonchev–Trinajstić information content (AvgIpc) is 2.46. The fourth-order valence-electron chi connectivity index (χ4n) is 2.94. The molecule has 3 unspecified atom stereocenters. The fourth-order valence-corrected chi connectivity index (χ4v) is 2.94. The van der Waals surface area contributed by atoms with Crippen LogP contribution in [0.5, 0.6) is 5.75 Å². The van der Waals surface area contributed by atoms with E-state index >= 15 is 0 Å². The molecule has 0 spiro atoms. The average molecular weight is 271 g/mol. The molecule has 2 aromatic carbocycles. The topological polar surface area (TPSA) is 30.5 Å². The van der Waals surface area contributed by atoms with Gasteiger partial charge >= 0.3 is 0 Å². The minimum Gasteiger partial charge on any atom is -0.487 e. The highest BCUT2D eigenvalue weighted by Gasteiger charge is 2.42. The fraction of sp³-hybridized carbons (Fsp3) is 0.412. The Hall–Kier alpha value is -1.58. The number of hydrogen-bond acceptors (Lipinski definition) is 3. The van der Waals surface area contributed by atoms with Crippen LogP contribution in [0.25, 0.3) is 10.8 Å². The van der Waals surface area contributed by atoms with Crippen molar-refractivity contribution in [3.63, 3.8) is 0 Å². The van der Waals surface area contributed by atoms with E-state index in [-0.39, 0.29) is 12.2 Å². The SMILES string of the molecule is CCNC1CC(Oc2cccc3ccccc23)C1OC. The van der Waals surface area contributed by atoms with Gasteiger partial charge in [0.25, 0.3) is 0 Å². The molecule has 3 nitrogen and oxygen atoms in total. The van der Waals surface area contributed by atoms with Gasteiger partial charge in [0, 0.05) is 25.0 Å². The Morgan fingerprint density at radius 2 is 1.95 bits per heavy atom. The first-order valence-electron chi connectivity index (χ1n) is 7.24. The van der Waals surface area contributed by atoms with Crippen LogP contribution in [0.2, 0.25) is 0 Å². The summed E-state index contributed by atoms with van der Waals surface area (Å²) in [5.74, 6) is 0.949. The van der Waals surface area contributed by atoms with Gasteiger partial charge in [-0.2, -0.15) is 0 Å². The molecule has 2 aromatic rings. The largest absolute Gasteiger partial charge is 0.487 e. The minimum absolute atomic E-state index is 0.133. The lowest BCUT2D eigenvalue weighted by molar-refractivity contribution is -0.0878. The van der Waals surface area contributed by atoms with Crippen LogP contribution in [0.1, 0.15) is 13.3 Å². The zero-order valence-corrected chi connectivity index (χ0v) is 12.0. The van der Waals surface area contributed by atoms with Gasteiger partial charge in [-0.25, -0.2) is 0 Å². The summed E-state index contributed by atoms with van der Waals surface area (Å²) in [6, 6.07) is 14.9. The van der Waals surface area contributed by atoms with Gasteiger partial charge < -0.3 is 14.8 Å². The first-order chi connectivity index (χ1) is 9.83. The lowest BCUT2D eigenvalue weighted by Gasteiger charge is -2.43. The summed E-state index contributed by atoms with van der Waals surface area (Å²) in [7, 11) is 1.76. The summed E-state index contributed by atoms with van der Waals surface area (Å²) in [6.07, 6.45) is 1.26. The summed E-state index contributed by atoms with van der Waals surface area (Å²) in [5, 5.41) is 5.80. The van der Waals surface area contributed by atoms with E-state index in [1.807, 2.05) is 18.2 Å². The highest BCUT2D eigenvalue weighted by molar-refractivity contribution is 5.88. The summed E-state index contributed by atoms with van der Waals surface area (Å²) in [6.45, 7) is 3.08. The first kappa shape index (κ1) is 13.4. The van der Waals surface area contributed by atoms with Crippen molar-refractivity contribution in [1.82, 2.24) is 5.32 Å². The van der Waals surface area contributed by atoms with Crippen molar-refractivity contribution in [2.24, 2.45) is 0 Å². The van der Waals surface area contributed by atoms with Crippen molar-refractivity contribution in [3.05, 3.63) is 42.5 Å². The summed E-state index contributed by atoms with van der Waals surface area (Å²) >= 11 is 0. The highest BCUT2D eigenvalue weighted by Crippen LogP contribution is 2.32. The van der Waals surface area contributed by atoms with E-state index in [1.165, 1.54) is 5.39 Å². The minimum atomic E-state index is 0.133. The van der Waals surface area contributed by atoms with Crippen molar-refractivity contribution in [1.29, 1.82) is 0 Å². The second-order valence-electron chi connectivity index (χ2n) is 5.23. The van der Waals surface area contributed by atoms with E-state index in [9.17, 15) is 0 Å². The Kier molecular flexibility index (Phi) is 3.90. The second kappa shape index (κ2) is 5.81. The monoisotopic (exact) mass is 271 g/mol. The van der Waals surface area contributed by atoms with Gasteiger partial charge in [0.2, 0.25) is 0 Å². The van der Waals surface area contributed by atoms with Gasteiger partial charge in [0.15, 0.2) is 0 Å². The van der Waals surface area contributed by atoms with Gasteiger partial charge in [0.1, 0.15) is 18.0 Å². The Bertz CT molecular complexity index is 579. The van der Waals surface area contributed by atoms with E-state index in [0.29, 0.717) is 6.04 Å². The van der Waals surface area contributed by atoms with Crippen LogP contribution in [0.15, 0.2) is 42.5 Å². The molecule has 1 aliphatic rings. The Morgan fingerprint density at radius 3 is 2.75 bits per heavy atom. The molecule has 1 N–H and O–H groups in total. The molecule has 0 amide bonds. The quantitative estimate of drug-likeness (QED) is 0.907. The van der Waals surface area contributed by atoms with E-state index in [2.05, 4.69) is 36.5 Å². The summed E-state index contributed by atoms with van der Waals surface area (Å²) in [5.41, 5.74) is 0. The molecule has 1 fully saturated rings. The van der Waals surface area contributed by atoms with E-state index in [1.54, 1.807) is 7.11 Å². The van der Waals surface area contributed by atoms with Gasteiger partial charge in [-0.1, -0.05) is 43.3 Å². The third-order valence-corrected chi connectivity index (χ3v) is 4.02. The standard InChI is InChI=1S/C17H21NO2/c1-3-18-14-11-16(17(14)19-2)20-15-10-6-8-12-7-4-5-9-13(12)15/h4-10,14,16-18H,3,11H2,1-2H3. The maximum atomic E-state index is 6.18. The van der Waals surface area contributed by atoms with Crippen molar-refractivity contribution in [3.8, 4) is 5.75 Å². The third-order valence-electron chi connectivity index (χ3n) is 4.02. The number of hydrogen-bond donors (Lipinski definition) is 1. The number of rotatable bonds is 5. The summed E-state index contributed by atoms with van der Waals surface area (Å²) in [4.78, 5) is 0. The lowest BCUT2D eigenvalue weighted by Crippen LogP contribution is -2.60. The van der Waals surface area contributed by atoms with Crippen molar-refractivity contribution in [2.75, 3.05) is 13.7 Å². The van der Waals surface area contributed by atoms with Crippen LogP contribution in [0.3, 0.4) is 0 Å². The number of nitrogens with one attached hydrogen (secondary N) is 1. The molecule has 3 heteroatoms. The zero-order valence-electron chi connectivity index (χ0n) is 12.0. The van der Waals surface area contributed by atoms with E-state index < -0.39 is 0 Å². The molecule has 1 aliphatic carbocycles. The Balaban J connectivity index is 1.77. The van der Waals surface area contributed by atoms with Crippen LogP contribution in [-0.2, 0) is 4.74 Å². The van der Waals surface area contributed by atoms with Crippen LogP contribution < -0.4 is 10.1 Å². The number of benzene rings is 2. The normalized spacial score (nSPS) is 25.4. The molecule has 0 aliphatic heterocycles. The van der Waals surface area contributed by atoms with Crippen LogP contribution in [0.4, 0.5) is 0 Å². The second-order valence-corrected chi connectivity index (χ2v) is 5.23. The highest BCUT2D eigenvalue weighted by atomic mass is 16.5. The number of ether oxygens (including phenoxy) is 2. The van der Waals surface area contributed by atoms with Gasteiger partial charge in [-0.3, -0.25) is 0 Å². The molecular weight excluding hydrogens is 250 g/mol. The molecular formula is C17H21NO2. The van der Waals surface area contributed by atoms with Gasteiger partial charge in [-0.05, 0) is 18.0 Å². The molecule has 3 atom stereocenters. The lowest BCUT2D eigenvalue weighted by atomic mass is 9.85. The van der Waals surface area contributed by atoms with Crippen molar-refractivity contribution in [2.45, 2.75) is 31.6 Å². The van der Waals surface area contributed by atoms with Crippen molar-refractivity contribution >= 4 is 10.8 Å². The molecule has 0 radical (unpaired) electrons. The molecule has 0 bridgehead atoms. The molecule has 106 valence electrons. The zero-order chi connectivity index (χ0) is 13.9. The maximum absolute atomic E-state index is 6.18. The summed E-state index contributed by atoms with van der Waals surface area (Å²) < 4.78 is 11.7. The molecule has 0 saturated heterocycles.